The quantitative estimate of drug-likeness (QED) is 0.517. The van der Waals surface area contributed by atoms with Crippen molar-refractivity contribution in [1.29, 1.82) is 0 Å². The Balaban J connectivity index is 1.68. The summed E-state index contributed by atoms with van der Waals surface area (Å²) >= 11 is 0. The van der Waals surface area contributed by atoms with Gasteiger partial charge < -0.3 is 24.3 Å². The minimum absolute atomic E-state index is 0.157. The van der Waals surface area contributed by atoms with Crippen molar-refractivity contribution in [3.05, 3.63) is 82.4 Å². The normalized spacial score (nSPS) is 10.9. The summed E-state index contributed by atoms with van der Waals surface area (Å²) in [5.74, 6) is 1.29. The standard InChI is InChI=1S/C23H23N3O3/c1-15-6-7-17(26-10-4-5-11-26)13-19(15)24-14-16-12-18-20(28-2)8-9-21(29-3)22(18)25-23(16)27/h4-13,24H,14H2,1-3H3,(H,25,27). The third-order valence-corrected chi connectivity index (χ3v) is 5.05. The number of pyridine rings is 1. The number of benzene rings is 2. The maximum absolute atomic E-state index is 12.7. The van der Waals surface area contributed by atoms with Crippen LogP contribution in [0.4, 0.5) is 5.69 Å². The second-order valence-electron chi connectivity index (χ2n) is 6.83. The van der Waals surface area contributed by atoms with E-state index in [1.54, 1.807) is 20.3 Å². The molecule has 0 spiro atoms. The van der Waals surface area contributed by atoms with Gasteiger partial charge >= 0.3 is 0 Å². The first-order chi connectivity index (χ1) is 14.1. The third-order valence-electron chi connectivity index (χ3n) is 5.05. The number of methoxy groups -OCH3 is 2. The minimum atomic E-state index is -0.157. The van der Waals surface area contributed by atoms with Crippen LogP contribution in [0.2, 0.25) is 0 Å². The molecule has 0 bridgehead atoms. The molecule has 4 aromatic rings. The van der Waals surface area contributed by atoms with Crippen LogP contribution < -0.4 is 20.3 Å². The molecule has 0 atom stereocenters. The van der Waals surface area contributed by atoms with Crippen molar-refractivity contribution in [3.63, 3.8) is 0 Å². The van der Waals surface area contributed by atoms with Crippen molar-refractivity contribution in [2.75, 3.05) is 19.5 Å². The molecule has 0 amide bonds. The number of hydrogen-bond donors (Lipinski definition) is 2. The Morgan fingerprint density at radius 2 is 1.72 bits per heavy atom. The number of nitrogens with zero attached hydrogens (tertiary/aromatic N) is 1. The molecule has 2 N–H and O–H groups in total. The van der Waals surface area contributed by atoms with Crippen molar-refractivity contribution in [2.45, 2.75) is 13.5 Å². The number of hydrogen-bond acceptors (Lipinski definition) is 4. The van der Waals surface area contributed by atoms with Crippen molar-refractivity contribution in [3.8, 4) is 17.2 Å². The Hall–Kier alpha value is -3.67. The molecule has 29 heavy (non-hydrogen) atoms. The fourth-order valence-electron chi connectivity index (χ4n) is 3.42. The summed E-state index contributed by atoms with van der Waals surface area (Å²) in [4.78, 5) is 15.6. The summed E-state index contributed by atoms with van der Waals surface area (Å²) in [6.07, 6.45) is 4.00. The largest absolute Gasteiger partial charge is 0.496 e. The van der Waals surface area contributed by atoms with Gasteiger partial charge in [-0.25, -0.2) is 0 Å². The van der Waals surface area contributed by atoms with Crippen molar-refractivity contribution >= 4 is 16.6 Å². The molecular weight excluding hydrogens is 366 g/mol. The van der Waals surface area contributed by atoms with E-state index in [0.29, 0.717) is 29.1 Å². The van der Waals surface area contributed by atoms with Gasteiger partial charge in [0.15, 0.2) is 0 Å². The lowest BCUT2D eigenvalue weighted by Crippen LogP contribution is -2.16. The molecule has 2 aromatic heterocycles. The number of H-pyrrole nitrogens is 1. The zero-order valence-corrected chi connectivity index (χ0v) is 16.7. The van der Waals surface area contributed by atoms with E-state index in [1.807, 2.05) is 48.1 Å². The molecule has 0 saturated heterocycles. The Labute approximate surface area is 168 Å². The zero-order valence-electron chi connectivity index (χ0n) is 16.7. The van der Waals surface area contributed by atoms with Crippen LogP contribution >= 0.6 is 0 Å². The van der Waals surface area contributed by atoms with Gasteiger partial charge in [0, 0.05) is 41.3 Å². The molecule has 2 heterocycles. The van der Waals surface area contributed by atoms with E-state index in [9.17, 15) is 4.79 Å². The molecule has 0 saturated carbocycles. The maximum Gasteiger partial charge on any atom is 0.253 e. The lowest BCUT2D eigenvalue weighted by molar-refractivity contribution is 0.409. The van der Waals surface area contributed by atoms with Crippen LogP contribution in [0.3, 0.4) is 0 Å². The highest BCUT2D eigenvalue weighted by Crippen LogP contribution is 2.31. The number of rotatable bonds is 6. The number of aromatic nitrogens is 2. The van der Waals surface area contributed by atoms with Crippen LogP contribution in [-0.4, -0.2) is 23.8 Å². The highest BCUT2D eigenvalue weighted by atomic mass is 16.5. The second kappa shape index (κ2) is 7.75. The van der Waals surface area contributed by atoms with Gasteiger partial charge in [0.2, 0.25) is 0 Å². The van der Waals surface area contributed by atoms with Gasteiger partial charge in [-0.1, -0.05) is 6.07 Å². The first-order valence-corrected chi connectivity index (χ1v) is 9.35. The zero-order chi connectivity index (χ0) is 20.4. The Kier molecular flexibility index (Phi) is 4.99. The maximum atomic E-state index is 12.7. The summed E-state index contributed by atoms with van der Waals surface area (Å²) in [6.45, 7) is 2.43. The highest BCUT2D eigenvalue weighted by molar-refractivity contribution is 5.90. The third kappa shape index (κ3) is 3.57. The van der Waals surface area contributed by atoms with Crippen LogP contribution in [0.15, 0.2) is 65.7 Å². The number of fused-ring (bicyclic) bond motifs is 1. The minimum Gasteiger partial charge on any atom is -0.496 e. The Bertz CT molecular complexity index is 1210. The number of aryl methyl sites for hydroxylation is 1. The van der Waals surface area contributed by atoms with Crippen LogP contribution in [0.1, 0.15) is 11.1 Å². The van der Waals surface area contributed by atoms with E-state index in [-0.39, 0.29) is 5.56 Å². The smallest absolute Gasteiger partial charge is 0.253 e. The molecule has 0 aliphatic heterocycles. The molecule has 0 fully saturated rings. The molecule has 2 aromatic carbocycles. The van der Waals surface area contributed by atoms with Gasteiger partial charge in [-0.3, -0.25) is 4.79 Å². The number of aromatic amines is 1. The summed E-state index contributed by atoms with van der Waals surface area (Å²) in [7, 11) is 3.19. The molecule has 0 radical (unpaired) electrons. The molecule has 4 rings (SSSR count). The Morgan fingerprint density at radius 1 is 1.00 bits per heavy atom. The summed E-state index contributed by atoms with van der Waals surface area (Å²) < 4.78 is 12.9. The monoisotopic (exact) mass is 389 g/mol. The van der Waals surface area contributed by atoms with Crippen molar-refractivity contribution in [2.24, 2.45) is 0 Å². The number of nitrogens with one attached hydrogen (secondary N) is 2. The van der Waals surface area contributed by atoms with Gasteiger partial charge in [-0.15, -0.1) is 0 Å². The van der Waals surface area contributed by atoms with Gasteiger partial charge in [0.05, 0.1) is 19.7 Å². The first-order valence-electron chi connectivity index (χ1n) is 9.35. The summed E-state index contributed by atoms with van der Waals surface area (Å²) in [6, 6.07) is 15.7. The van der Waals surface area contributed by atoms with E-state index in [2.05, 4.69) is 28.5 Å². The Morgan fingerprint density at radius 3 is 2.45 bits per heavy atom. The van der Waals surface area contributed by atoms with E-state index < -0.39 is 0 Å². The average Bonchev–Trinajstić information content (AvgIpc) is 3.27. The average molecular weight is 389 g/mol. The van der Waals surface area contributed by atoms with Gasteiger partial charge in [-0.05, 0) is 55.0 Å². The van der Waals surface area contributed by atoms with Crippen LogP contribution in [0.25, 0.3) is 16.6 Å². The van der Waals surface area contributed by atoms with Crippen LogP contribution in [0.5, 0.6) is 11.5 Å². The molecule has 0 aliphatic carbocycles. The van der Waals surface area contributed by atoms with Crippen molar-refractivity contribution in [1.82, 2.24) is 9.55 Å². The highest BCUT2D eigenvalue weighted by Gasteiger charge is 2.12. The topological polar surface area (TPSA) is 68.3 Å². The lowest BCUT2D eigenvalue weighted by atomic mass is 10.1. The fraction of sp³-hybridized carbons (Fsp3) is 0.174. The summed E-state index contributed by atoms with van der Waals surface area (Å²) in [5.41, 5.74) is 4.24. The second-order valence-corrected chi connectivity index (χ2v) is 6.83. The number of anilines is 1. The number of ether oxygens (including phenoxy) is 2. The first kappa shape index (κ1) is 18.7. The SMILES string of the molecule is COc1ccc(OC)c2[nH]c(=O)c(CNc3cc(-n4cccc4)ccc3C)cc12. The molecule has 0 unspecified atom stereocenters. The van der Waals surface area contributed by atoms with Gasteiger partial charge in [0.25, 0.3) is 5.56 Å². The van der Waals surface area contributed by atoms with Crippen molar-refractivity contribution < 1.29 is 9.47 Å². The molecule has 6 nitrogen and oxygen atoms in total. The van der Waals surface area contributed by atoms with Gasteiger partial charge in [0.1, 0.15) is 11.5 Å². The van der Waals surface area contributed by atoms with E-state index in [1.165, 1.54) is 0 Å². The fourth-order valence-corrected chi connectivity index (χ4v) is 3.42. The molecule has 0 aliphatic rings. The predicted molar refractivity (Wildman–Crippen MR) is 116 cm³/mol. The van der Waals surface area contributed by atoms with Gasteiger partial charge in [-0.2, -0.15) is 0 Å². The van der Waals surface area contributed by atoms with Crippen LogP contribution in [-0.2, 0) is 6.54 Å². The van der Waals surface area contributed by atoms with Crippen LogP contribution in [0, 0.1) is 6.92 Å². The molecule has 148 valence electrons. The van der Waals surface area contributed by atoms with E-state index in [4.69, 9.17) is 9.47 Å². The molecular formula is C23H23N3O3. The van der Waals surface area contributed by atoms with E-state index >= 15 is 0 Å². The summed E-state index contributed by atoms with van der Waals surface area (Å²) in [5, 5.41) is 4.20. The lowest BCUT2D eigenvalue weighted by Gasteiger charge is -2.14. The molecule has 6 heteroatoms. The predicted octanol–water partition coefficient (Wildman–Crippen LogP) is 4.26. The van der Waals surface area contributed by atoms with E-state index in [0.717, 1.165) is 22.3 Å².